The molecule has 0 aromatic heterocycles. The van der Waals surface area contributed by atoms with Gasteiger partial charge in [-0.2, -0.15) is 0 Å². The van der Waals surface area contributed by atoms with Gasteiger partial charge in [-0.3, -0.25) is 4.90 Å². The molecule has 1 fully saturated rings. The van der Waals surface area contributed by atoms with Gasteiger partial charge in [0.15, 0.2) is 5.60 Å². The first-order chi connectivity index (χ1) is 11.6. The summed E-state index contributed by atoms with van der Waals surface area (Å²) >= 11 is 0. The summed E-state index contributed by atoms with van der Waals surface area (Å²) in [4.78, 5) is 14.6. The first-order valence-corrected chi connectivity index (χ1v) is 9.26. The SMILES string of the molecule is CCCOC(=O)C(O)(CC)CN(Cc1ccccc1)C1CCCC1. The topological polar surface area (TPSA) is 49.8 Å². The first kappa shape index (κ1) is 18.9. The van der Waals surface area contributed by atoms with Gasteiger partial charge in [-0.25, -0.2) is 4.79 Å². The number of ether oxygens (including phenoxy) is 1. The van der Waals surface area contributed by atoms with Gasteiger partial charge in [-0.1, -0.05) is 57.0 Å². The average Bonchev–Trinajstić information content (AvgIpc) is 3.14. The van der Waals surface area contributed by atoms with Crippen molar-refractivity contribution in [2.75, 3.05) is 13.2 Å². The standard InChI is InChI=1S/C20H31NO3/c1-3-14-24-19(22)20(23,4-2)16-21(18-12-8-9-13-18)15-17-10-6-5-7-11-17/h5-7,10-11,18,23H,3-4,8-9,12-16H2,1-2H3. The van der Waals surface area contributed by atoms with Crippen molar-refractivity contribution in [3.8, 4) is 0 Å². The molecule has 0 spiro atoms. The normalized spacial score (nSPS) is 17.8. The van der Waals surface area contributed by atoms with Gasteiger partial charge >= 0.3 is 5.97 Å². The molecule has 134 valence electrons. The molecule has 1 atom stereocenters. The number of nitrogens with zero attached hydrogens (tertiary/aromatic N) is 1. The van der Waals surface area contributed by atoms with E-state index in [0.29, 0.717) is 25.6 Å². The highest BCUT2D eigenvalue weighted by Crippen LogP contribution is 2.27. The van der Waals surface area contributed by atoms with E-state index in [2.05, 4.69) is 17.0 Å². The van der Waals surface area contributed by atoms with Gasteiger partial charge in [0.1, 0.15) is 0 Å². The van der Waals surface area contributed by atoms with Crippen molar-refractivity contribution in [3.63, 3.8) is 0 Å². The fourth-order valence-electron chi connectivity index (χ4n) is 3.39. The van der Waals surface area contributed by atoms with Crippen molar-refractivity contribution < 1.29 is 14.6 Å². The second-order valence-electron chi connectivity index (χ2n) is 6.85. The molecule has 0 radical (unpaired) electrons. The molecule has 1 aromatic rings. The molecular formula is C20H31NO3. The Labute approximate surface area is 145 Å². The van der Waals surface area contributed by atoms with Crippen LogP contribution in [-0.4, -0.2) is 40.8 Å². The molecule has 1 aliphatic carbocycles. The highest BCUT2D eigenvalue weighted by molar-refractivity contribution is 5.79. The zero-order valence-electron chi connectivity index (χ0n) is 15.0. The van der Waals surface area contributed by atoms with Crippen LogP contribution in [0.1, 0.15) is 57.9 Å². The van der Waals surface area contributed by atoms with Crippen LogP contribution in [0, 0.1) is 0 Å². The van der Waals surface area contributed by atoms with Gasteiger partial charge in [-0.05, 0) is 31.2 Å². The van der Waals surface area contributed by atoms with E-state index in [4.69, 9.17) is 4.74 Å². The van der Waals surface area contributed by atoms with E-state index in [1.165, 1.54) is 18.4 Å². The Morgan fingerprint density at radius 2 is 1.92 bits per heavy atom. The lowest BCUT2D eigenvalue weighted by Gasteiger charge is -2.35. The van der Waals surface area contributed by atoms with Crippen molar-refractivity contribution in [1.82, 2.24) is 4.90 Å². The van der Waals surface area contributed by atoms with Crippen LogP contribution < -0.4 is 0 Å². The third kappa shape index (κ3) is 5.05. The lowest BCUT2D eigenvalue weighted by molar-refractivity contribution is -0.169. The second kappa shape index (κ2) is 9.19. The molecule has 1 saturated carbocycles. The molecule has 4 nitrogen and oxygen atoms in total. The van der Waals surface area contributed by atoms with E-state index in [0.717, 1.165) is 25.8 Å². The van der Waals surface area contributed by atoms with Crippen LogP contribution in [0.15, 0.2) is 30.3 Å². The minimum absolute atomic E-state index is 0.339. The molecule has 24 heavy (non-hydrogen) atoms. The Hall–Kier alpha value is -1.39. The largest absolute Gasteiger partial charge is 0.464 e. The smallest absolute Gasteiger partial charge is 0.339 e. The van der Waals surface area contributed by atoms with Crippen molar-refractivity contribution in [2.24, 2.45) is 0 Å². The van der Waals surface area contributed by atoms with Gasteiger partial charge in [0, 0.05) is 19.1 Å². The molecule has 1 aliphatic rings. The quantitative estimate of drug-likeness (QED) is 0.703. The summed E-state index contributed by atoms with van der Waals surface area (Å²) in [6.07, 6.45) is 5.85. The maximum atomic E-state index is 12.4. The lowest BCUT2D eigenvalue weighted by Crippen LogP contribution is -2.51. The maximum Gasteiger partial charge on any atom is 0.339 e. The van der Waals surface area contributed by atoms with Crippen molar-refractivity contribution >= 4 is 5.97 Å². The summed E-state index contributed by atoms with van der Waals surface area (Å²) in [5.41, 5.74) is -0.211. The van der Waals surface area contributed by atoms with Gasteiger partial charge in [0.25, 0.3) is 0 Å². The summed E-state index contributed by atoms with van der Waals surface area (Å²) in [7, 11) is 0. The Kier molecular flexibility index (Phi) is 7.25. The number of carbonyl (C=O) groups is 1. The predicted molar refractivity (Wildman–Crippen MR) is 95.6 cm³/mol. The second-order valence-corrected chi connectivity index (χ2v) is 6.85. The Morgan fingerprint density at radius 3 is 2.50 bits per heavy atom. The summed E-state index contributed by atoms with van der Waals surface area (Å²) in [6.45, 7) is 5.27. The highest BCUT2D eigenvalue weighted by Gasteiger charge is 2.39. The summed E-state index contributed by atoms with van der Waals surface area (Å²) in [6, 6.07) is 10.7. The molecule has 0 saturated heterocycles. The number of hydrogen-bond acceptors (Lipinski definition) is 4. The molecule has 2 rings (SSSR count). The van der Waals surface area contributed by atoms with Gasteiger partial charge in [-0.15, -0.1) is 0 Å². The molecule has 1 N–H and O–H groups in total. The number of carbonyl (C=O) groups excluding carboxylic acids is 1. The predicted octanol–water partition coefficient (Wildman–Crippen LogP) is 3.53. The monoisotopic (exact) mass is 333 g/mol. The van der Waals surface area contributed by atoms with Crippen LogP contribution in [0.2, 0.25) is 0 Å². The number of rotatable bonds is 9. The molecule has 0 heterocycles. The Bertz CT molecular complexity index is 499. The summed E-state index contributed by atoms with van der Waals surface area (Å²) in [5.74, 6) is -0.483. The van der Waals surface area contributed by atoms with Gasteiger partial charge < -0.3 is 9.84 Å². The zero-order valence-corrected chi connectivity index (χ0v) is 15.0. The molecule has 1 aromatic carbocycles. The highest BCUT2D eigenvalue weighted by atomic mass is 16.5. The van der Waals surface area contributed by atoms with Crippen molar-refractivity contribution in [3.05, 3.63) is 35.9 Å². The third-order valence-electron chi connectivity index (χ3n) is 4.94. The van der Waals surface area contributed by atoms with E-state index < -0.39 is 11.6 Å². The van der Waals surface area contributed by atoms with E-state index in [1.54, 1.807) is 0 Å². The number of esters is 1. The van der Waals surface area contributed by atoms with E-state index >= 15 is 0 Å². The Morgan fingerprint density at radius 1 is 1.25 bits per heavy atom. The zero-order chi connectivity index (χ0) is 17.4. The fraction of sp³-hybridized carbons (Fsp3) is 0.650. The molecule has 0 bridgehead atoms. The molecule has 0 amide bonds. The Balaban J connectivity index is 2.11. The fourth-order valence-corrected chi connectivity index (χ4v) is 3.39. The molecule has 1 unspecified atom stereocenters. The lowest BCUT2D eigenvalue weighted by atomic mass is 9.98. The summed E-state index contributed by atoms with van der Waals surface area (Å²) in [5, 5.41) is 10.9. The van der Waals surface area contributed by atoms with Crippen LogP contribution in [0.25, 0.3) is 0 Å². The van der Waals surface area contributed by atoms with Crippen LogP contribution in [0.4, 0.5) is 0 Å². The number of benzene rings is 1. The van der Waals surface area contributed by atoms with Crippen LogP contribution in [0.5, 0.6) is 0 Å². The van der Waals surface area contributed by atoms with Gasteiger partial charge in [0.05, 0.1) is 6.61 Å². The number of aliphatic hydroxyl groups is 1. The average molecular weight is 333 g/mol. The summed E-state index contributed by atoms with van der Waals surface area (Å²) < 4.78 is 5.25. The van der Waals surface area contributed by atoms with Crippen LogP contribution >= 0.6 is 0 Å². The molecule has 4 heteroatoms. The molecule has 0 aliphatic heterocycles. The minimum atomic E-state index is -1.42. The van der Waals surface area contributed by atoms with Crippen molar-refractivity contribution in [1.29, 1.82) is 0 Å². The van der Waals surface area contributed by atoms with E-state index in [1.807, 2.05) is 32.0 Å². The van der Waals surface area contributed by atoms with Crippen molar-refractivity contribution in [2.45, 2.75) is 70.6 Å². The third-order valence-corrected chi connectivity index (χ3v) is 4.94. The van der Waals surface area contributed by atoms with E-state index in [-0.39, 0.29) is 0 Å². The van der Waals surface area contributed by atoms with Gasteiger partial charge in [0.2, 0.25) is 0 Å². The molecular weight excluding hydrogens is 302 g/mol. The first-order valence-electron chi connectivity index (χ1n) is 9.26. The van der Waals surface area contributed by atoms with Crippen LogP contribution in [-0.2, 0) is 16.1 Å². The minimum Gasteiger partial charge on any atom is -0.464 e. The maximum absolute atomic E-state index is 12.4. The van der Waals surface area contributed by atoms with E-state index in [9.17, 15) is 9.90 Å². The van der Waals surface area contributed by atoms with Crippen LogP contribution in [0.3, 0.4) is 0 Å². The number of hydrogen-bond donors (Lipinski definition) is 1.